The van der Waals surface area contributed by atoms with Crippen LogP contribution in [-0.2, 0) is 9.59 Å². The van der Waals surface area contributed by atoms with Crippen LogP contribution in [0.4, 0.5) is 22.1 Å². The second-order valence-electron chi connectivity index (χ2n) is 16.4. The van der Waals surface area contributed by atoms with Crippen molar-refractivity contribution in [2.24, 2.45) is 11.8 Å². The van der Waals surface area contributed by atoms with Crippen molar-refractivity contribution in [3.63, 3.8) is 0 Å². The molecular formula is C43H51N11O6. The summed E-state index contributed by atoms with van der Waals surface area (Å²) in [4.78, 5) is 82.7. The predicted molar refractivity (Wildman–Crippen MR) is 221 cm³/mol. The summed E-state index contributed by atoms with van der Waals surface area (Å²) in [7, 11) is 1.56. The van der Waals surface area contributed by atoms with Crippen molar-refractivity contribution in [3.8, 4) is 11.8 Å². The van der Waals surface area contributed by atoms with Crippen LogP contribution < -0.4 is 30.5 Å². The zero-order chi connectivity index (χ0) is 42.1. The molecule has 3 aromatic rings. The van der Waals surface area contributed by atoms with Crippen molar-refractivity contribution in [2.45, 2.75) is 64.2 Å². The van der Waals surface area contributed by atoms with Gasteiger partial charge in [0.05, 0.1) is 48.0 Å². The zero-order valence-corrected chi connectivity index (χ0v) is 34.2. The summed E-state index contributed by atoms with van der Waals surface area (Å²) in [6.07, 6.45) is 6.53. The van der Waals surface area contributed by atoms with Gasteiger partial charge in [0.15, 0.2) is 0 Å². The molecule has 0 saturated carbocycles. The normalized spacial score (nSPS) is 24.0. The van der Waals surface area contributed by atoms with Gasteiger partial charge in [-0.2, -0.15) is 5.26 Å². The predicted octanol–water partition coefficient (Wildman–Crippen LogP) is 3.35. The Morgan fingerprint density at radius 2 is 1.65 bits per heavy atom. The number of hydrogen-bond acceptors (Lipinski definition) is 13. The zero-order valence-electron chi connectivity index (χ0n) is 34.2. The average molecular weight is 818 g/mol. The molecule has 17 heteroatoms. The fraction of sp³-hybridized carbons (Fsp3) is 0.488. The lowest BCUT2D eigenvalue weighted by atomic mass is 9.90. The number of piperidine rings is 2. The van der Waals surface area contributed by atoms with Crippen molar-refractivity contribution in [1.82, 2.24) is 35.3 Å². The lowest BCUT2D eigenvalue weighted by Crippen LogP contribution is -2.57. The topological polar surface area (TPSA) is 196 Å². The first kappa shape index (κ1) is 40.7. The molecule has 4 atom stereocenters. The van der Waals surface area contributed by atoms with Crippen LogP contribution in [0.15, 0.2) is 48.8 Å². The first-order valence-electron chi connectivity index (χ1n) is 20.8. The van der Waals surface area contributed by atoms with Crippen LogP contribution in [0, 0.1) is 23.2 Å². The molecule has 3 N–H and O–H groups in total. The monoisotopic (exact) mass is 817 g/mol. The van der Waals surface area contributed by atoms with E-state index in [0.717, 1.165) is 81.2 Å². The Morgan fingerprint density at radius 1 is 0.917 bits per heavy atom. The highest BCUT2D eigenvalue weighted by atomic mass is 16.5. The number of piperazine rings is 1. The third-order valence-corrected chi connectivity index (χ3v) is 12.7. The summed E-state index contributed by atoms with van der Waals surface area (Å²) in [5.74, 6) is -0.0831. The van der Waals surface area contributed by atoms with Gasteiger partial charge in [-0.3, -0.25) is 39.6 Å². The number of nitrogens with zero attached hydrogens (tertiary/aromatic N) is 8. The van der Waals surface area contributed by atoms with Crippen LogP contribution in [0.5, 0.6) is 5.75 Å². The summed E-state index contributed by atoms with van der Waals surface area (Å²) in [6, 6.07) is 11.8. The molecule has 17 nitrogen and oxygen atoms in total. The number of fused-ring (bicyclic) bond motifs is 1. The molecule has 60 heavy (non-hydrogen) atoms. The number of anilines is 3. The number of benzene rings is 2. The number of carbonyl (C=O) groups excluding carboxylic acids is 5. The summed E-state index contributed by atoms with van der Waals surface area (Å²) >= 11 is 0. The van der Waals surface area contributed by atoms with Gasteiger partial charge < -0.3 is 24.8 Å². The molecule has 6 heterocycles. The Hall–Kier alpha value is -6.12. The van der Waals surface area contributed by atoms with Gasteiger partial charge in [-0.25, -0.2) is 14.8 Å². The van der Waals surface area contributed by atoms with E-state index in [1.807, 2.05) is 25.1 Å². The number of urea groups is 1. The highest BCUT2D eigenvalue weighted by Crippen LogP contribution is 2.33. The van der Waals surface area contributed by atoms with Crippen LogP contribution in [0.2, 0.25) is 0 Å². The Morgan fingerprint density at radius 3 is 2.35 bits per heavy atom. The van der Waals surface area contributed by atoms with E-state index < -0.39 is 29.7 Å². The minimum absolute atomic E-state index is 0.00870. The number of methoxy groups -OCH3 is 1. The molecular weight excluding hydrogens is 767 g/mol. The lowest BCUT2D eigenvalue weighted by Gasteiger charge is -2.42. The number of imide groups is 2. The molecule has 2 unspecified atom stereocenters. The molecule has 4 fully saturated rings. The van der Waals surface area contributed by atoms with Crippen molar-refractivity contribution in [2.75, 3.05) is 74.6 Å². The molecule has 1 aromatic heterocycles. The third kappa shape index (κ3) is 8.21. The van der Waals surface area contributed by atoms with Crippen molar-refractivity contribution >= 4 is 47.0 Å². The number of amides is 6. The number of rotatable bonds is 9. The second-order valence-corrected chi connectivity index (χ2v) is 16.4. The molecule has 6 amide bonds. The van der Waals surface area contributed by atoms with Gasteiger partial charge in [-0.05, 0) is 86.9 Å². The van der Waals surface area contributed by atoms with Gasteiger partial charge in [-0.15, -0.1) is 0 Å². The summed E-state index contributed by atoms with van der Waals surface area (Å²) in [5, 5.41) is 18.1. The smallest absolute Gasteiger partial charge is 0.323 e. The van der Waals surface area contributed by atoms with Gasteiger partial charge in [0.25, 0.3) is 11.8 Å². The summed E-state index contributed by atoms with van der Waals surface area (Å²) < 4.78 is 5.41. The fourth-order valence-electron chi connectivity index (χ4n) is 9.18. The van der Waals surface area contributed by atoms with Crippen LogP contribution in [0.1, 0.15) is 83.8 Å². The van der Waals surface area contributed by atoms with Gasteiger partial charge in [0.2, 0.25) is 17.8 Å². The van der Waals surface area contributed by atoms with E-state index in [4.69, 9.17) is 4.74 Å². The molecule has 0 radical (unpaired) electrons. The first-order chi connectivity index (χ1) is 29.0. The van der Waals surface area contributed by atoms with E-state index in [0.29, 0.717) is 46.5 Å². The third-order valence-electron chi connectivity index (χ3n) is 12.7. The fourth-order valence-corrected chi connectivity index (χ4v) is 9.18. The largest absolute Gasteiger partial charge is 0.495 e. The number of nitriles is 1. The summed E-state index contributed by atoms with van der Waals surface area (Å²) in [5.41, 5.74) is 3.50. The highest BCUT2D eigenvalue weighted by molar-refractivity contribution is 6.23. The Labute approximate surface area is 349 Å². The molecule has 314 valence electrons. The van der Waals surface area contributed by atoms with Crippen LogP contribution in [-0.4, -0.2) is 126 Å². The van der Waals surface area contributed by atoms with Gasteiger partial charge in [0.1, 0.15) is 17.9 Å². The maximum atomic E-state index is 13.4. The Balaban J connectivity index is 0.759. The summed E-state index contributed by atoms with van der Waals surface area (Å²) in [6.45, 7) is 10.7. The average Bonchev–Trinajstić information content (AvgIpc) is 3.51. The van der Waals surface area contributed by atoms with Crippen LogP contribution in [0.3, 0.4) is 0 Å². The van der Waals surface area contributed by atoms with Gasteiger partial charge in [0, 0.05) is 64.0 Å². The number of nitrogens with one attached hydrogen (secondary N) is 3. The Bertz CT molecular complexity index is 2200. The number of ether oxygens (including phenoxy) is 1. The van der Waals surface area contributed by atoms with E-state index >= 15 is 0 Å². The lowest BCUT2D eigenvalue weighted by molar-refractivity contribution is -0.136. The van der Waals surface area contributed by atoms with Gasteiger partial charge >= 0.3 is 6.03 Å². The SMILES string of the molecule is COc1cc(C2N[C@@H](C)N(C(=O)Nc3cnc(N4CCC(CCN5CCN(c6ccc7c(c6)C(=O)N(C6CCC(=O)NC6=O)C7=O)CC5)CC4)nc3)C[C@@H]2C)ccc1C#N. The molecule has 0 spiro atoms. The number of carbonyl (C=O) groups is 5. The van der Waals surface area contributed by atoms with E-state index in [9.17, 15) is 29.2 Å². The van der Waals surface area contributed by atoms with Crippen molar-refractivity contribution in [1.29, 1.82) is 5.26 Å². The van der Waals surface area contributed by atoms with E-state index in [-0.39, 0.29) is 37.0 Å². The Kier molecular flexibility index (Phi) is 11.7. The highest BCUT2D eigenvalue weighted by Gasteiger charge is 2.45. The second kappa shape index (κ2) is 17.2. The van der Waals surface area contributed by atoms with Crippen molar-refractivity contribution in [3.05, 3.63) is 71.0 Å². The molecule has 5 aliphatic rings. The molecule has 2 aromatic carbocycles. The standard InChI is InChI=1S/C43H51N11O6/c1-26-25-53(27(2)47-38(26)29-4-5-30(22-44)36(20-29)60-3)43(59)48-31-23-45-42(46-24-31)52-14-11-28(12-15-52)10-13-50-16-18-51(19-17-50)32-6-7-33-34(21-32)41(58)54(40(33)57)35-8-9-37(55)49-39(35)56/h4-7,20-21,23-24,26-28,35,38,47H,8-19,25H2,1-3H3,(H,48,59)(H,49,55,56)/t26-,27+,35?,38?/m0/s1. The van der Waals surface area contributed by atoms with E-state index in [1.54, 1.807) is 42.6 Å². The van der Waals surface area contributed by atoms with E-state index in [2.05, 4.69) is 53.6 Å². The first-order valence-corrected chi connectivity index (χ1v) is 20.8. The molecule has 5 aliphatic heterocycles. The molecule has 4 saturated heterocycles. The maximum Gasteiger partial charge on any atom is 0.323 e. The van der Waals surface area contributed by atoms with Crippen molar-refractivity contribution < 1.29 is 28.7 Å². The number of aromatic nitrogens is 2. The molecule has 8 rings (SSSR count). The minimum atomic E-state index is -0.975. The van der Waals surface area contributed by atoms with Crippen LogP contribution >= 0.6 is 0 Å². The minimum Gasteiger partial charge on any atom is -0.495 e. The van der Waals surface area contributed by atoms with E-state index in [1.165, 1.54) is 0 Å². The van der Waals surface area contributed by atoms with Gasteiger partial charge in [-0.1, -0.05) is 13.0 Å². The molecule has 0 bridgehead atoms. The number of hydrogen-bond donors (Lipinski definition) is 3. The quantitative estimate of drug-likeness (QED) is 0.266. The molecule has 0 aliphatic carbocycles. The maximum absolute atomic E-state index is 13.4. The van der Waals surface area contributed by atoms with Crippen LogP contribution in [0.25, 0.3) is 0 Å².